The minimum absolute atomic E-state index is 0.647. The minimum Gasteiger partial charge on any atom is -0.495 e. The maximum Gasteiger partial charge on any atom is 0.142 e. The molecule has 17 heavy (non-hydrogen) atoms. The molecule has 0 aliphatic rings. The zero-order chi connectivity index (χ0) is 12.3. The number of methoxy groups -OCH3 is 1. The van der Waals surface area contributed by atoms with Crippen LogP contribution in [0.25, 0.3) is 0 Å². The van der Waals surface area contributed by atoms with Crippen molar-refractivity contribution >= 4 is 23.1 Å². The maximum atomic E-state index is 5.76. The molecular weight excluding hydrogens is 232 g/mol. The van der Waals surface area contributed by atoms with Gasteiger partial charge in [-0.3, -0.25) is 0 Å². The van der Waals surface area contributed by atoms with Crippen LogP contribution in [0, 0.1) is 0 Å². The van der Waals surface area contributed by atoms with Crippen LogP contribution in [0.5, 0.6) is 5.75 Å². The Hall–Kier alpha value is -1.81. The summed E-state index contributed by atoms with van der Waals surface area (Å²) in [6.45, 7) is 0. The van der Waals surface area contributed by atoms with Crippen molar-refractivity contribution < 1.29 is 4.74 Å². The van der Waals surface area contributed by atoms with Crippen molar-refractivity contribution in [1.82, 2.24) is 0 Å². The fourth-order valence-corrected chi connectivity index (χ4v) is 2.27. The van der Waals surface area contributed by atoms with Gasteiger partial charge in [-0.05, 0) is 42.5 Å². The molecule has 2 aromatic carbocycles. The van der Waals surface area contributed by atoms with Gasteiger partial charge in [0.15, 0.2) is 0 Å². The molecule has 2 rings (SSSR count). The Morgan fingerprint density at radius 1 is 0.941 bits per heavy atom. The third-order valence-corrected chi connectivity index (χ3v) is 3.32. The molecule has 0 saturated carbocycles. The molecule has 0 spiro atoms. The van der Waals surface area contributed by atoms with E-state index in [0.29, 0.717) is 11.4 Å². The standard InChI is InChI=1S/C13H14N2OS/c1-16-13-8-11(6-7-12(13)15)17-10-4-2-9(14)3-5-10/h2-8H,14-15H2,1H3. The molecule has 0 unspecified atom stereocenters. The van der Waals surface area contributed by atoms with Crippen LogP contribution in [-0.2, 0) is 0 Å². The second kappa shape index (κ2) is 5.01. The van der Waals surface area contributed by atoms with E-state index in [1.54, 1.807) is 18.9 Å². The van der Waals surface area contributed by atoms with E-state index in [4.69, 9.17) is 16.2 Å². The Bertz CT molecular complexity index is 511. The Labute approximate surface area is 105 Å². The minimum atomic E-state index is 0.647. The number of hydrogen-bond donors (Lipinski definition) is 2. The molecule has 0 aliphatic carbocycles. The Morgan fingerprint density at radius 2 is 1.59 bits per heavy atom. The fraction of sp³-hybridized carbons (Fsp3) is 0.0769. The van der Waals surface area contributed by atoms with Crippen molar-refractivity contribution in [3.8, 4) is 5.75 Å². The van der Waals surface area contributed by atoms with Gasteiger partial charge in [0.2, 0.25) is 0 Å². The van der Waals surface area contributed by atoms with Gasteiger partial charge in [0.25, 0.3) is 0 Å². The smallest absolute Gasteiger partial charge is 0.142 e. The highest BCUT2D eigenvalue weighted by atomic mass is 32.2. The quantitative estimate of drug-likeness (QED) is 0.817. The van der Waals surface area contributed by atoms with Crippen LogP contribution in [0.3, 0.4) is 0 Å². The van der Waals surface area contributed by atoms with E-state index in [9.17, 15) is 0 Å². The summed E-state index contributed by atoms with van der Waals surface area (Å²) in [5, 5.41) is 0. The first-order valence-electron chi connectivity index (χ1n) is 5.16. The molecule has 88 valence electrons. The summed E-state index contributed by atoms with van der Waals surface area (Å²) in [5.74, 6) is 0.699. The topological polar surface area (TPSA) is 61.3 Å². The third-order valence-electron chi connectivity index (χ3n) is 2.32. The van der Waals surface area contributed by atoms with Gasteiger partial charge in [0, 0.05) is 15.5 Å². The molecule has 4 N–H and O–H groups in total. The largest absolute Gasteiger partial charge is 0.495 e. The maximum absolute atomic E-state index is 5.76. The number of hydrogen-bond acceptors (Lipinski definition) is 4. The Balaban J connectivity index is 2.21. The van der Waals surface area contributed by atoms with Crippen molar-refractivity contribution in [2.24, 2.45) is 0 Å². The van der Waals surface area contributed by atoms with Gasteiger partial charge in [0.05, 0.1) is 12.8 Å². The molecule has 0 atom stereocenters. The predicted molar refractivity (Wildman–Crippen MR) is 72.4 cm³/mol. The molecular formula is C13H14N2OS. The molecule has 0 amide bonds. The molecule has 0 heterocycles. The van der Waals surface area contributed by atoms with E-state index in [-0.39, 0.29) is 0 Å². The zero-order valence-corrected chi connectivity index (χ0v) is 10.3. The van der Waals surface area contributed by atoms with Crippen molar-refractivity contribution in [2.75, 3.05) is 18.6 Å². The number of rotatable bonds is 3. The highest BCUT2D eigenvalue weighted by Gasteiger charge is 2.02. The van der Waals surface area contributed by atoms with Crippen molar-refractivity contribution in [1.29, 1.82) is 0 Å². The van der Waals surface area contributed by atoms with Gasteiger partial charge in [-0.1, -0.05) is 11.8 Å². The van der Waals surface area contributed by atoms with Gasteiger partial charge in [-0.2, -0.15) is 0 Å². The average molecular weight is 246 g/mol. The first kappa shape index (κ1) is 11.7. The van der Waals surface area contributed by atoms with Crippen LogP contribution < -0.4 is 16.2 Å². The highest BCUT2D eigenvalue weighted by molar-refractivity contribution is 7.99. The summed E-state index contributed by atoms with van der Waals surface area (Å²) in [6.07, 6.45) is 0. The Kier molecular flexibility index (Phi) is 3.44. The molecule has 2 aromatic rings. The van der Waals surface area contributed by atoms with Gasteiger partial charge < -0.3 is 16.2 Å². The number of nitrogen functional groups attached to an aromatic ring is 2. The van der Waals surface area contributed by atoms with Crippen LogP contribution in [0.2, 0.25) is 0 Å². The van der Waals surface area contributed by atoms with Crippen molar-refractivity contribution in [3.63, 3.8) is 0 Å². The van der Waals surface area contributed by atoms with Crippen molar-refractivity contribution in [3.05, 3.63) is 42.5 Å². The summed E-state index contributed by atoms with van der Waals surface area (Å²) in [5.41, 5.74) is 12.8. The fourth-order valence-electron chi connectivity index (χ4n) is 1.43. The van der Waals surface area contributed by atoms with E-state index in [0.717, 1.165) is 15.5 Å². The summed E-state index contributed by atoms with van der Waals surface area (Å²) in [4.78, 5) is 2.21. The predicted octanol–water partition coefficient (Wildman–Crippen LogP) is 3.01. The summed E-state index contributed by atoms with van der Waals surface area (Å²) < 4.78 is 5.18. The van der Waals surface area contributed by atoms with E-state index in [2.05, 4.69) is 0 Å². The molecule has 0 bridgehead atoms. The lowest BCUT2D eigenvalue weighted by Crippen LogP contribution is -1.91. The van der Waals surface area contributed by atoms with E-state index in [1.807, 2.05) is 42.5 Å². The lowest BCUT2D eigenvalue weighted by Gasteiger charge is -2.07. The third kappa shape index (κ3) is 2.85. The average Bonchev–Trinajstić information content (AvgIpc) is 2.34. The van der Waals surface area contributed by atoms with Crippen LogP contribution in [-0.4, -0.2) is 7.11 Å². The zero-order valence-electron chi connectivity index (χ0n) is 9.51. The van der Waals surface area contributed by atoms with E-state index < -0.39 is 0 Å². The molecule has 3 nitrogen and oxygen atoms in total. The Morgan fingerprint density at radius 3 is 2.24 bits per heavy atom. The lowest BCUT2D eigenvalue weighted by molar-refractivity contribution is 0.416. The van der Waals surface area contributed by atoms with Gasteiger partial charge in [-0.15, -0.1) is 0 Å². The molecule has 0 fully saturated rings. The monoisotopic (exact) mass is 246 g/mol. The first-order chi connectivity index (χ1) is 8.19. The second-order valence-corrected chi connectivity index (χ2v) is 4.72. The molecule has 4 heteroatoms. The summed E-state index contributed by atoms with van der Waals surface area (Å²) in [7, 11) is 1.61. The molecule has 0 saturated heterocycles. The molecule has 0 radical (unpaired) electrons. The summed E-state index contributed by atoms with van der Waals surface area (Å²) in [6, 6.07) is 13.5. The van der Waals surface area contributed by atoms with Gasteiger partial charge >= 0.3 is 0 Å². The van der Waals surface area contributed by atoms with Crippen LogP contribution in [0.4, 0.5) is 11.4 Å². The number of nitrogens with two attached hydrogens (primary N) is 2. The van der Waals surface area contributed by atoms with Crippen LogP contribution in [0.1, 0.15) is 0 Å². The highest BCUT2D eigenvalue weighted by Crippen LogP contribution is 2.33. The molecule has 0 aliphatic heterocycles. The second-order valence-electron chi connectivity index (χ2n) is 3.57. The van der Waals surface area contributed by atoms with Crippen LogP contribution >= 0.6 is 11.8 Å². The van der Waals surface area contributed by atoms with Crippen molar-refractivity contribution in [2.45, 2.75) is 9.79 Å². The van der Waals surface area contributed by atoms with Crippen LogP contribution in [0.15, 0.2) is 52.3 Å². The first-order valence-corrected chi connectivity index (χ1v) is 5.97. The normalized spacial score (nSPS) is 10.2. The number of benzene rings is 2. The number of anilines is 2. The van der Waals surface area contributed by atoms with Gasteiger partial charge in [-0.25, -0.2) is 0 Å². The molecule has 0 aromatic heterocycles. The van der Waals surface area contributed by atoms with Gasteiger partial charge in [0.1, 0.15) is 5.75 Å². The van der Waals surface area contributed by atoms with E-state index >= 15 is 0 Å². The SMILES string of the molecule is COc1cc(Sc2ccc(N)cc2)ccc1N. The summed E-state index contributed by atoms with van der Waals surface area (Å²) >= 11 is 1.64. The lowest BCUT2D eigenvalue weighted by atomic mass is 10.3. The van der Waals surface area contributed by atoms with E-state index in [1.165, 1.54) is 0 Å². The number of ether oxygens (including phenoxy) is 1.